The fraction of sp³-hybridized carbons (Fsp3) is 0.833. The van der Waals surface area contributed by atoms with Gasteiger partial charge in [0.1, 0.15) is 0 Å². The van der Waals surface area contributed by atoms with Crippen molar-refractivity contribution in [1.29, 1.82) is 0 Å². The molecule has 0 aromatic rings. The van der Waals surface area contributed by atoms with Crippen LogP contribution in [0, 0.1) is 11.8 Å². The Morgan fingerprint density at radius 2 is 2.11 bits per heavy atom. The number of aliphatic carboxylic acids is 1. The summed E-state index contributed by atoms with van der Waals surface area (Å²) < 4.78 is 10.3. The fourth-order valence-corrected chi connectivity index (χ4v) is 1.82. The van der Waals surface area contributed by atoms with Crippen LogP contribution in [0.5, 0.6) is 0 Å². The highest BCUT2D eigenvalue weighted by Gasteiger charge is 2.25. The number of nitrogens with one attached hydrogen (secondary N) is 1. The predicted octanol–water partition coefficient (Wildman–Crippen LogP) is 0.265. The largest absolute Gasteiger partial charge is 0.481 e. The minimum Gasteiger partial charge on any atom is -0.481 e. The van der Waals surface area contributed by atoms with Crippen LogP contribution in [-0.2, 0) is 19.1 Å². The summed E-state index contributed by atoms with van der Waals surface area (Å²) in [7, 11) is 0. The van der Waals surface area contributed by atoms with E-state index in [0.717, 1.165) is 0 Å². The Morgan fingerprint density at radius 3 is 2.61 bits per heavy atom. The SMILES string of the molecule is CC(C)C[C@H](CNC(=O)[C@H]1COCCO1)C(=O)O. The zero-order chi connectivity index (χ0) is 13.5. The van der Waals surface area contributed by atoms with Crippen LogP contribution in [-0.4, -0.2) is 49.5 Å². The van der Waals surface area contributed by atoms with Crippen molar-refractivity contribution in [1.82, 2.24) is 5.32 Å². The molecule has 1 fully saturated rings. The highest BCUT2D eigenvalue weighted by atomic mass is 16.6. The van der Waals surface area contributed by atoms with Gasteiger partial charge in [0.25, 0.3) is 5.91 Å². The number of amides is 1. The second-order valence-electron chi connectivity index (χ2n) is 4.84. The van der Waals surface area contributed by atoms with Gasteiger partial charge < -0.3 is 19.9 Å². The zero-order valence-electron chi connectivity index (χ0n) is 10.8. The van der Waals surface area contributed by atoms with Crippen LogP contribution in [0.1, 0.15) is 20.3 Å². The quantitative estimate of drug-likeness (QED) is 0.715. The number of carboxylic acids is 1. The smallest absolute Gasteiger partial charge is 0.308 e. The Kier molecular flexibility index (Phi) is 6.07. The Labute approximate surface area is 107 Å². The van der Waals surface area contributed by atoms with Gasteiger partial charge in [-0.1, -0.05) is 13.8 Å². The maximum Gasteiger partial charge on any atom is 0.308 e. The average molecular weight is 259 g/mol. The molecule has 0 aromatic heterocycles. The molecule has 0 unspecified atom stereocenters. The summed E-state index contributed by atoms with van der Waals surface area (Å²) in [6.07, 6.45) is -0.0790. The molecule has 18 heavy (non-hydrogen) atoms. The molecule has 0 bridgehead atoms. The second-order valence-corrected chi connectivity index (χ2v) is 4.84. The van der Waals surface area contributed by atoms with Crippen molar-refractivity contribution < 1.29 is 24.2 Å². The van der Waals surface area contributed by atoms with Crippen molar-refractivity contribution in [3.05, 3.63) is 0 Å². The number of rotatable bonds is 6. The molecule has 1 heterocycles. The molecule has 6 nitrogen and oxygen atoms in total. The second kappa shape index (κ2) is 7.33. The van der Waals surface area contributed by atoms with E-state index < -0.39 is 18.0 Å². The van der Waals surface area contributed by atoms with Crippen molar-refractivity contribution >= 4 is 11.9 Å². The van der Waals surface area contributed by atoms with Crippen LogP contribution in [0.4, 0.5) is 0 Å². The third-order valence-corrected chi connectivity index (χ3v) is 2.74. The first-order valence-electron chi connectivity index (χ1n) is 6.20. The van der Waals surface area contributed by atoms with Gasteiger partial charge in [0.15, 0.2) is 6.10 Å². The van der Waals surface area contributed by atoms with E-state index in [1.165, 1.54) is 0 Å². The summed E-state index contributed by atoms with van der Waals surface area (Å²) in [6, 6.07) is 0. The number of carbonyl (C=O) groups is 2. The Bertz CT molecular complexity index is 286. The lowest BCUT2D eigenvalue weighted by molar-refractivity contribution is -0.148. The van der Waals surface area contributed by atoms with Gasteiger partial charge in [0.05, 0.1) is 25.7 Å². The van der Waals surface area contributed by atoms with E-state index in [1.54, 1.807) is 0 Å². The Morgan fingerprint density at radius 1 is 1.39 bits per heavy atom. The molecule has 1 rings (SSSR count). The maximum absolute atomic E-state index is 11.7. The molecule has 1 aliphatic heterocycles. The van der Waals surface area contributed by atoms with Crippen molar-refractivity contribution in [2.45, 2.75) is 26.4 Å². The maximum atomic E-state index is 11.7. The summed E-state index contributed by atoms with van der Waals surface area (Å²) in [4.78, 5) is 22.7. The molecule has 2 atom stereocenters. The molecule has 0 spiro atoms. The molecule has 0 radical (unpaired) electrons. The van der Waals surface area contributed by atoms with E-state index in [9.17, 15) is 9.59 Å². The van der Waals surface area contributed by atoms with Gasteiger partial charge in [0.2, 0.25) is 0 Å². The van der Waals surface area contributed by atoms with Crippen LogP contribution >= 0.6 is 0 Å². The number of carboxylic acid groups (broad SMARTS) is 1. The molecule has 104 valence electrons. The van der Waals surface area contributed by atoms with Crippen molar-refractivity contribution in [2.24, 2.45) is 11.8 Å². The van der Waals surface area contributed by atoms with Crippen LogP contribution in [0.25, 0.3) is 0 Å². The van der Waals surface area contributed by atoms with Gasteiger partial charge in [0, 0.05) is 6.54 Å². The van der Waals surface area contributed by atoms with Gasteiger partial charge in [-0.15, -0.1) is 0 Å². The molecule has 2 N–H and O–H groups in total. The van der Waals surface area contributed by atoms with Gasteiger partial charge in [-0.3, -0.25) is 9.59 Å². The average Bonchev–Trinajstić information content (AvgIpc) is 2.34. The topological polar surface area (TPSA) is 84.9 Å². The lowest BCUT2D eigenvalue weighted by Crippen LogP contribution is -2.45. The van der Waals surface area contributed by atoms with E-state index in [-0.39, 0.29) is 25.0 Å². The lowest BCUT2D eigenvalue weighted by Gasteiger charge is -2.23. The van der Waals surface area contributed by atoms with E-state index in [2.05, 4.69) is 5.32 Å². The Hall–Kier alpha value is -1.14. The third kappa shape index (κ3) is 5.01. The van der Waals surface area contributed by atoms with Crippen molar-refractivity contribution in [3.8, 4) is 0 Å². The van der Waals surface area contributed by atoms with Crippen molar-refractivity contribution in [2.75, 3.05) is 26.4 Å². The van der Waals surface area contributed by atoms with Crippen LogP contribution in [0.3, 0.4) is 0 Å². The van der Waals surface area contributed by atoms with E-state index in [0.29, 0.717) is 19.6 Å². The summed E-state index contributed by atoms with van der Waals surface area (Å²) in [6.45, 7) is 5.16. The highest BCUT2D eigenvalue weighted by Crippen LogP contribution is 2.11. The summed E-state index contributed by atoms with van der Waals surface area (Å²) in [5.41, 5.74) is 0. The first-order chi connectivity index (χ1) is 8.50. The van der Waals surface area contributed by atoms with E-state index in [1.807, 2.05) is 13.8 Å². The molecule has 1 saturated heterocycles. The van der Waals surface area contributed by atoms with Gasteiger partial charge in [-0.2, -0.15) is 0 Å². The zero-order valence-corrected chi connectivity index (χ0v) is 10.8. The molecular weight excluding hydrogens is 238 g/mol. The van der Waals surface area contributed by atoms with Crippen molar-refractivity contribution in [3.63, 3.8) is 0 Å². The van der Waals surface area contributed by atoms with Crippen LogP contribution < -0.4 is 5.32 Å². The first-order valence-corrected chi connectivity index (χ1v) is 6.20. The number of carbonyl (C=O) groups excluding carboxylic acids is 1. The molecule has 0 saturated carbocycles. The molecular formula is C12H21NO5. The minimum atomic E-state index is -0.884. The lowest BCUT2D eigenvalue weighted by atomic mass is 9.97. The third-order valence-electron chi connectivity index (χ3n) is 2.74. The standard InChI is InChI=1S/C12H21NO5/c1-8(2)5-9(12(15)16)6-13-11(14)10-7-17-3-4-18-10/h8-10H,3-7H2,1-2H3,(H,13,14)(H,15,16)/t9-,10-/m1/s1. The summed E-state index contributed by atoms with van der Waals surface area (Å²) in [5, 5.41) is 11.7. The summed E-state index contributed by atoms with van der Waals surface area (Å²) in [5.74, 6) is -1.47. The monoisotopic (exact) mass is 259 g/mol. The van der Waals surface area contributed by atoms with E-state index in [4.69, 9.17) is 14.6 Å². The molecule has 1 aliphatic rings. The number of ether oxygens (including phenoxy) is 2. The number of hydrogen-bond donors (Lipinski definition) is 2. The van der Waals surface area contributed by atoms with Gasteiger partial charge >= 0.3 is 5.97 Å². The fourth-order valence-electron chi connectivity index (χ4n) is 1.82. The molecule has 1 amide bonds. The summed E-state index contributed by atoms with van der Waals surface area (Å²) >= 11 is 0. The minimum absolute atomic E-state index is 0.131. The normalized spacial score (nSPS) is 21.6. The molecule has 0 aliphatic carbocycles. The molecule has 0 aromatic carbocycles. The number of hydrogen-bond acceptors (Lipinski definition) is 4. The van der Waals surface area contributed by atoms with E-state index >= 15 is 0 Å². The Balaban J connectivity index is 2.36. The highest BCUT2D eigenvalue weighted by molar-refractivity contribution is 5.81. The van der Waals surface area contributed by atoms with Crippen LogP contribution in [0.15, 0.2) is 0 Å². The van der Waals surface area contributed by atoms with Gasteiger partial charge in [-0.05, 0) is 12.3 Å². The van der Waals surface area contributed by atoms with Crippen LogP contribution in [0.2, 0.25) is 0 Å². The first kappa shape index (κ1) is 14.9. The van der Waals surface area contributed by atoms with Gasteiger partial charge in [-0.25, -0.2) is 0 Å². The predicted molar refractivity (Wildman–Crippen MR) is 64.1 cm³/mol. The molecule has 6 heteroatoms.